The molecule has 2 amide bonds. The van der Waals surface area contributed by atoms with Gasteiger partial charge >= 0.3 is 6.18 Å². The third-order valence-electron chi connectivity index (χ3n) is 3.58. The average Bonchev–Trinajstić information content (AvgIpc) is 2.57. The first-order chi connectivity index (χ1) is 12.4. The molecule has 3 N–H and O–H groups in total. The fraction of sp³-hybridized carbons (Fsp3) is 0.176. The predicted molar refractivity (Wildman–Crippen MR) is 91.1 cm³/mol. The molecule has 1 atom stereocenters. The highest BCUT2D eigenvalue weighted by molar-refractivity contribution is 6.34. The first kappa shape index (κ1) is 20.7. The van der Waals surface area contributed by atoms with Gasteiger partial charge in [-0.3, -0.25) is 9.59 Å². The van der Waals surface area contributed by atoms with Crippen LogP contribution in [0.25, 0.3) is 0 Å². The summed E-state index contributed by atoms with van der Waals surface area (Å²) in [5.41, 5.74) is -3.47. The molecule has 0 aromatic heterocycles. The van der Waals surface area contributed by atoms with E-state index in [1.165, 1.54) is 18.2 Å². The van der Waals surface area contributed by atoms with Crippen molar-refractivity contribution in [2.24, 2.45) is 0 Å². The van der Waals surface area contributed by atoms with E-state index in [1.807, 2.05) is 5.32 Å². The van der Waals surface area contributed by atoms with Crippen LogP contribution in [-0.4, -0.2) is 28.7 Å². The summed E-state index contributed by atoms with van der Waals surface area (Å²) in [5.74, 6) is -2.81. The lowest BCUT2D eigenvalue weighted by molar-refractivity contribution is -0.242. The molecule has 0 saturated heterocycles. The topological polar surface area (TPSA) is 78.4 Å². The molecule has 0 aliphatic carbocycles. The van der Waals surface area contributed by atoms with Crippen molar-refractivity contribution in [3.05, 3.63) is 58.9 Å². The van der Waals surface area contributed by atoms with Gasteiger partial charge < -0.3 is 15.7 Å². The molecule has 144 valence electrons. The van der Waals surface area contributed by atoms with Crippen molar-refractivity contribution in [1.29, 1.82) is 0 Å². The Morgan fingerprint density at radius 1 is 1.04 bits per heavy atom. The van der Waals surface area contributed by atoms with Crippen molar-refractivity contribution in [3.8, 4) is 0 Å². The minimum absolute atomic E-state index is 0.0462. The number of anilines is 2. The SMILES string of the molecule is CC(O)(C(=O)Nc1ccc(C(=O)Nc2ccc(F)cc2)cc1Cl)C(F)(F)F. The maximum atomic E-state index is 12.9. The van der Waals surface area contributed by atoms with Gasteiger partial charge in [0.15, 0.2) is 0 Å². The quantitative estimate of drug-likeness (QED) is 0.674. The van der Waals surface area contributed by atoms with Crippen LogP contribution in [0.1, 0.15) is 17.3 Å². The lowest BCUT2D eigenvalue weighted by atomic mass is 10.1. The number of halogens is 5. The monoisotopic (exact) mass is 404 g/mol. The minimum Gasteiger partial charge on any atom is -0.373 e. The number of nitrogens with one attached hydrogen (secondary N) is 2. The van der Waals surface area contributed by atoms with E-state index >= 15 is 0 Å². The molecule has 1 unspecified atom stereocenters. The number of carbonyl (C=O) groups excluding carboxylic acids is 2. The third-order valence-corrected chi connectivity index (χ3v) is 3.89. The molecule has 2 aromatic carbocycles. The normalized spacial score (nSPS) is 13.6. The Morgan fingerprint density at radius 2 is 1.63 bits per heavy atom. The van der Waals surface area contributed by atoms with Gasteiger partial charge in [0.2, 0.25) is 5.60 Å². The molecule has 0 saturated carbocycles. The molecule has 0 heterocycles. The van der Waals surface area contributed by atoms with E-state index in [-0.39, 0.29) is 16.3 Å². The zero-order chi connectivity index (χ0) is 20.4. The van der Waals surface area contributed by atoms with Crippen molar-refractivity contribution in [2.75, 3.05) is 10.6 Å². The highest BCUT2D eigenvalue weighted by atomic mass is 35.5. The third kappa shape index (κ3) is 4.75. The summed E-state index contributed by atoms with van der Waals surface area (Å²) in [5, 5.41) is 13.5. The number of rotatable bonds is 4. The van der Waals surface area contributed by atoms with E-state index in [1.54, 1.807) is 0 Å². The number of hydrogen-bond donors (Lipinski definition) is 3. The fourth-order valence-corrected chi connectivity index (χ4v) is 2.09. The number of aliphatic hydroxyl groups is 1. The second kappa shape index (κ2) is 7.53. The molecule has 0 aliphatic heterocycles. The summed E-state index contributed by atoms with van der Waals surface area (Å²) in [6.45, 7) is 0.306. The largest absolute Gasteiger partial charge is 0.426 e. The molecule has 0 radical (unpaired) electrons. The molecule has 10 heteroatoms. The van der Waals surface area contributed by atoms with Gasteiger partial charge in [-0.05, 0) is 49.4 Å². The van der Waals surface area contributed by atoms with Crippen LogP contribution in [0.3, 0.4) is 0 Å². The number of alkyl halides is 3. The van der Waals surface area contributed by atoms with E-state index < -0.39 is 29.4 Å². The number of amides is 2. The second-order valence-corrected chi connectivity index (χ2v) is 6.09. The Morgan fingerprint density at radius 3 is 2.15 bits per heavy atom. The zero-order valence-corrected chi connectivity index (χ0v) is 14.5. The van der Waals surface area contributed by atoms with Crippen LogP contribution in [-0.2, 0) is 4.79 Å². The fourth-order valence-electron chi connectivity index (χ4n) is 1.87. The lowest BCUT2D eigenvalue weighted by Gasteiger charge is -2.25. The summed E-state index contributed by atoms with van der Waals surface area (Å²) >= 11 is 5.90. The van der Waals surface area contributed by atoms with Gasteiger partial charge in [0, 0.05) is 11.3 Å². The van der Waals surface area contributed by atoms with E-state index in [9.17, 15) is 32.3 Å². The van der Waals surface area contributed by atoms with Gasteiger partial charge in [0.25, 0.3) is 11.8 Å². The number of carbonyl (C=O) groups is 2. The van der Waals surface area contributed by atoms with Gasteiger partial charge in [-0.25, -0.2) is 4.39 Å². The molecular weight excluding hydrogens is 392 g/mol. The van der Waals surface area contributed by atoms with Gasteiger partial charge in [-0.15, -0.1) is 0 Å². The zero-order valence-electron chi connectivity index (χ0n) is 13.7. The van der Waals surface area contributed by atoms with Gasteiger partial charge in [0.1, 0.15) is 5.82 Å². The summed E-state index contributed by atoms with van der Waals surface area (Å²) in [4.78, 5) is 23.8. The maximum absolute atomic E-state index is 12.9. The Kier molecular flexibility index (Phi) is 5.76. The van der Waals surface area contributed by atoms with Crippen LogP contribution >= 0.6 is 11.6 Å². The van der Waals surface area contributed by atoms with Gasteiger partial charge in [-0.2, -0.15) is 13.2 Å². The Hall–Kier alpha value is -2.65. The van der Waals surface area contributed by atoms with E-state index in [0.29, 0.717) is 12.6 Å². The molecule has 5 nitrogen and oxygen atoms in total. The molecule has 0 aliphatic rings. The van der Waals surface area contributed by atoms with Crippen LogP contribution in [0.5, 0.6) is 0 Å². The number of hydrogen-bond acceptors (Lipinski definition) is 3. The van der Waals surface area contributed by atoms with E-state index in [4.69, 9.17) is 11.6 Å². The van der Waals surface area contributed by atoms with Crippen LogP contribution in [0.15, 0.2) is 42.5 Å². The highest BCUT2D eigenvalue weighted by Crippen LogP contribution is 2.32. The highest BCUT2D eigenvalue weighted by Gasteiger charge is 2.55. The molecule has 0 fully saturated rings. The Labute approximate surface area is 155 Å². The standard InChI is InChI=1S/C17H13ClF4N2O3/c1-16(27,17(20,21)22)15(26)24-13-7-2-9(8-12(13)18)14(25)23-11-5-3-10(19)4-6-11/h2-8,27H,1H3,(H,23,25)(H,24,26). The molecule has 0 spiro atoms. The van der Waals surface area contributed by atoms with Gasteiger partial charge in [0.05, 0.1) is 10.7 Å². The Bertz CT molecular complexity index is 867. The average molecular weight is 405 g/mol. The molecule has 0 bridgehead atoms. The molecule has 2 rings (SSSR count). The van der Waals surface area contributed by atoms with Crippen molar-refractivity contribution >= 4 is 34.8 Å². The van der Waals surface area contributed by atoms with Crippen LogP contribution in [0.2, 0.25) is 5.02 Å². The first-order valence-corrected chi connectivity index (χ1v) is 7.76. The van der Waals surface area contributed by atoms with Crippen LogP contribution in [0, 0.1) is 5.82 Å². The van der Waals surface area contributed by atoms with Crippen LogP contribution in [0.4, 0.5) is 28.9 Å². The van der Waals surface area contributed by atoms with Gasteiger partial charge in [-0.1, -0.05) is 11.6 Å². The smallest absolute Gasteiger partial charge is 0.373 e. The lowest BCUT2D eigenvalue weighted by Crippen LogP contribution is -2.52. The first-order valence-electron chi connectivity index (χ1n) is 7.39. The summed E-state index contributed by atoms with van der Waals surface area (Å²) in [6, 6.07) is 8.42. The van der Waals surface area contributed by atoms with Crippen molar-refractivity contribution in [3.63, 3.8) is 0 Å². The van der Waals surface area contributed by atoms with Crippen LogP contribution < -0.4 is 10.6 Å². The molecular formula is C17H13ClF4N2O3. The summed E-state index contributed by atoms with van der Waals surface area (Å²) in [7, 11) is 0. The van der Waals surface area contributed by atoms with Crippen molar-refractivity contribution in [2.45, 2.75) is 18.7 Å². The molecule has 2 aromatic rings. The summed E-state index contributed by atoms with van der Waals surface area (Å²) < 4.78 is 50.9. The van der Waals surface area contributed by atoms with Crippen molar-refractivity contribution in [1.82, 2.24) is 0 Å². The van der Waals surface area contributed by atoms with Crippen molar-refractivity contribution < 1.29 is 32.3 Å². The number of benzene rings is 2. The van der Waals surface area contributed by atoms with E-state index in [2.05, 4.69) is 5.32 Å². The van der Waals surface area contributed by atoms with E-state index in [0.717, 1.165) is 24.3 Å². The summed E-state index contributed by atoms with van der Waals surface area (Å²) in [6.07, 6.45) is -5.18. The Balaban J connectivity index is 2.14. The second-order valence-electron chi connectivity index (χ2n) is 5.68. The predicted octanol–water partition coefficient (Wildman–Crippen LogP) is 3.98. The molecule has 27 heavy (non-hydrogen) atoms. The minimum atomic E-state index is -5.18. The maximum Gasteiger partial charge on any atom is 0.426 e.